The van der Waals surface area contributed by atoms with Crippen LogP contribution in [0.1, 0.15) is 10.4 Å². The first-order valence-corrected chi connectivity index (χ1v) is 6.20. The number of hydrogen-bond acceptors (Lipinski definition) is 1. The van der Waals surface area contributed by atoms with Gasteiger partial charge in [-0.2, -0.15) is 13.2 Å². The summed E-state index contributed by atoms with van der Waals surface area (Å²) >= 11 is 14.9. The number of ether oxygens (including phenoxy) is 1. The SMILES string of the molecule is FC(F)(F)COCC(Br)c1cc(Cl)ccc1Cl. The molecule has 0 amide bonds. The van der Waals surface area contributed by atoms with Crippen LogP contribution in [0.15, 0.2) is 18.2 Å². The van der Waals surface area contributed by atoms with Crippen molar-refractivity contribution in [3.05, 3.63) is 33.8 Å². The van der Waals surface area contributed by atoms with Gasteiger partial charge >= 0.3 is 6.18 Å². The Labute approximate surface area is 115 Å². The lowest BCUT2D eigenvalue weighted by Gasteiger charge is -2.14. The van der Waals surface area contributed by atoms with Crippen LogP contribution in [0.5, 0.6) is 0 Å². The quantitative estimate of drug-likeness (QED) is 0.693. The van der Waals surface area contributed by atoms with E-state index in [1.165, 1.54) is 0 Å². The molecule has 96 valence electrons. The molecule has 0 spiro atoms. The normalized spacial score (nSPS) is 13.8. The van der Waals surface area contributed by atoms with Gasteiger partial charge in [0.1, 0.15) is 6.61 Å². The summed E-state index contributed by atoms with van der Waals surface area (Å²) in [6, 6.07) is 4.77. The average Bonchev–Trinajstić information content (AvgIpc) is 2.19. The van der Waals surface area contributed by atoms with Gasteiger partial charge in [-0.25, -0.2) is 0 Å². The van der Waals surface area contributed by atoms with Crippen LogP contribution >= 0.6 is 39.1 Å². The molecule has 0 saturated carbocycles. The number of rotatable bonds is 4. The second-order valence-corrected chi connectivity index (χ2v) is 5.21. The van der Waals surface area contributed by atoms with Gasteiger partial charge in [-0.3, -0.25) is 0 Å². The molecule has 7 heteroatoms. The van der Waals surface area contributed by atoms with E-state index < -0.39 is 17.6 Å². The molecule has 1 aromatic carbocycles. The summed E-state index contributed by atoms with van der Waals surface area (Å²) in [4.78, 5) is -0.434. The summed E-state index contributed by atoms with van der Waals surface area (Å²) < 4.78 is 40.1. The Balaban J connectivity index is 2.58. The van der Waals surface area contributed by atoms with Crippen molar-refractivity contribution in [2.75, 3.05) is 13.2 Å². The van der Waals surface area contributed by atoms with Crippen LogP contribution in [0, 0.1) is 0 Å². The van der Waals surface area contributed by atoms with Gasteiger partial charge in [-0.1, -0.05) is 39.1 Å². The van der Waals surface area contributed by atoms with Crippen molar-refractivity contribution in [2.45, 2.75) is 11.0 Å². The molecule has 17 heavy (non-hydrogen) atoms. The van der Waals surface area contributed by atoms with Crippen LogP contribution in [-0.2, 0) is 4.74 Å². The van der Waals surface area contributed by atoms with E-state index in [0.717, 1.165) is 0 Å². The topological polar surface area (TPSA) is 9.23 Å². The lowest BCUT2D eigenvalue weighted by molar-refractivity contribution is -0.173. The monoisotopic (exact) mass is 350 g/mol. The molecule has 1 unspecified atom stereocenters. The highest BCUT2D eigenvalue weighted by atomic mass is 79.9. The Bertz CT molecular complexity index is 384. The van der Waals surface area contributed by atoms with Gasteiger partial charge in [0.25, 0.3) is 0 Å². The summed E-state index contributed by atoms with van der Waals surface area (Å²) in [7, 11) is 0. The molecule has 0 radical (unpaired) electrons. The van der Waals surface area contributed by atoms with Crippen molar-refractivity contribution >= 4 is 39.1 Å². The van der Waals surface area contributed by atoms with E-state index in [2.05, 4.69) is 20.7 Å². The number of halogens is 6. The molecule has 1 aromatic rings. The van der Waals surface area contributed by atoms with Gasteiger partial charge < -0.3 is 4.74 Å². The van der Waals surface area contributed by atoms with E-state index in [-0.39, 0.29) is 6.61 Å². The Morgan fingerprint density at radius 1 is 1.29 bits per heavy atom. The van der Waals surface area contributed by atoms with Crippen molar-refractivity contribution in [3.63, 3.8) is 0 Å². The molecule has 0 N–H and O–H groups in total. The zero-order valence-electron chi connectivity index (χ0n) is 8.40. The van der Waals surface area contributed by atoms with Crippen molar-refractivity contribution in [1.82, 2.24) is 0 Å². The van der Waals surface area contributed by atoms with E-state index in [9.17, 15) is 13.2 Å². The van der Waals surface area contributed by atoms with Gasteiger partial charge in [0.2, 0.25) is 0 Å². The lowest BCUT2D eigenvalue weighted by Crippen LogP contribution is -2.18. The highest BCUT2D eigenvalue weighted by molar-refractivity contribution is 9.09. The molecule has 0 aliphatic rings. The fraction of sp³-hybridized carbons (Fsp3) is 0.400. The van der Waals surface area contributed by atoms with Crippen LogP contribution in [-0.4, -0.2) is 19.4 Å². The lowest BCUT2D eigenvalue weighted by atomic mass is 10.1. The Morgan fingerprint density at radius 3 is 2.53 bits per heavy atom. The van der Waals surface area contributed by atoms with Gasteiger partial charge in [0.15, 0.2) is 0 Å². The summed E-state index contributed by atoms with van der Waals surface area (Å²) in [5.74, 6) is 0. The fourth-order valence-corrected chi connectivity index (χ4v) is 2.25. The molecule has 0 saturated heterocycles. The third-order valence-corrected chi connectivity index (χ3v) is 3.16. The first-order chi connectivity index (χ1) is 7.79. The number of hydrogen-bond donors (Lipinski definition) is 0. The van der Waals surface area contributed by atoms with Crippen molar-refractivity contribution < 1.29 is 17.9 Å². The first kappa shape index (κ1) is 15.1. The molecule has 0 aliphatic heterocycles. The van der Waals surface area contributed by atoms with Crippen molar-refractivity contribution in [1.29, 1.82) is 0 Å². The van der Waals surface area contributed by atoms with E-state index in [0.29, 0.717) is 15.6 Å². The van der Waals surface area contributed by atoms with Crippen LogP contribution in [0.25, 0.3) is 0 Å². The average molecular weight is 352 g/mol. The first-order valence-electron chi connectivity index (χ1n) is 4.53. The number of benzene rings is 1. The molecule has 1 atom stereocenters. The molecular weight excluding hydrogens is 344 g/mol. The molecule has 0 bridgehead atoms. The van der Waals surface area contributed by atoms with Crippen molar-refractivity contribution in [3.8, 4) is 0 Å². The van der Waals surface area contributed by atoms with Crippen LogP contribution < -0.4 is 0 Å². The highest BCUT2D eigenvalue weighted by Gasteiger charge is 2.28. The van der Waals surface area contributed by atoms with Crippen LogP contribution in [0.2, 0.25) is 10.0 Å². The Morgan fingerprint density at radius 2 is 1.94 bits per heavy atom. The molecule has 0 heterocycles. The third-order valence-electron chi connectivity index (χ3n) is 1.83. The predicted octanol–water partition coefficient (Wildman–Crippen LogP) is 5.01. The molecular formula is C10H8BrCl2F3O. The molecule has 0 aromatic heterocycles. The minimum Gasteiger partial charge on any atom is -0.371 e. The zero-order valence-corrected chi connectivity index (χ0v) is 11.5. The predicted molar refractivity (Wildman–Crippen MR) is 65.0 cm³/mol. The number of alkyl halides is 4. The van der Waals surface area contributed by atoms with E-state index in [1.54, 1.807) is 18.2 Å². The van der Waals surface area contributed by atoms with Crippen molar-refractivity contribution in [2.24, 2.45) is 0 Å². The maximum absolute atomic E-state index is 11.9. The maximum atomic E-state index is 11.9. The molecule has 0 aliphatic carbocycles. The molecule has 1 nitrogen and oxygen atoms in total. The Hall–Kier alpha value is 0.0300. The molecule has 0 fully saturated rings. The smallest absolute Gasteiger partial charge is 0.371 e. The van der Waals surface area contributed by atoms with Gasteiger partial charge in [-0.15, -0.1) is 0 Å². The summed E-state index contributed by atoms with van der Waals surface area (Å²) in [6.45, 7) is -1.42. The second-order valence-electron chi connectivity index (χ2n) is 3.26. The van der Waals surface area contributed by atoms with Crippen LogP contribution in [0.4, 0.5) is 13.2 Å². The summed E-state index contributed by atoms with van der Waals surface area (Å²) in [5, 5.41) is 0.886. The van der Waals surface area contributed by atoms with Crippen LogP contribution in [0.3, 0.4) is 0 Å². The highest BCUT2D eigenvalue weighted by Crippen LogP contribution is 2.32. The summed E-state index contributed by atoms with van der Waals surface area (Å²) in [5.41, 5.74) is 0.598. The van der Waals surface area contributed by atoms with E-state index in [1.807, 2.05) is 0 Å². The maximum Gasteiger partial charge on any atom is 0.411 e. The summed E-state index contributed by atoms with van der Waals surface area (Å²) in [6.07, 6.45) is -4.33. The fourth-order valence-electron chi connectivity index (χ4n) is 1.12. The van der Waals surface area contributed by atoms with Gasteiger partial charge in [0.05, 0.1) is 11.4 Å². The Kier molecular flexibility index (Phi) is 5.57. The van der Waals surface area contributed by atoms with Gasteiger partial charge in [-0.05, 0) is 23.8 Å². The van der Waals surface area contributed by atoms with E-state index in [4.69, 9.17) is 23.2 Å². The van der Waals surface area contributed by atoms with Gasteiger partial charge in [0, 0.05) is 10.0 Å². The second kappa shape index (κ2) is 6.27. The minimum absolute atomic E-state index is 0.139. The minimum atomic E-state index is -4.33. The molecule has 1 rings (SSSR count). The zero-order chi connectivity index (χ0) is 13.1. The van der Waals surface area contributed by atoms with E-state index >= 15 is 0 Å². The third kappa shape index (κ3) is 5.46. The standard InChI is InChI=1S/C10H8BrCl2F3O/c11-8(4-17-5-10(14,15)16)7-3-6(12)1-2-9(7)13/h1-3,8H,4-5H2. The largest absolute Gasteiger partial charge is 0.411 e.